The number of benzene rings is 2. The van der Waals surface area contributed by atoms with Gasteiger partial charge in [0.25, 0.3) is 5.91 Å². The molecule has 0 bridgehead atoms. The number of para-hydroxylation sites is 1. The Kier molecular flexibility index (Phi) is 5.18. The molecule has 28 heavy (non-hydrogen) atoms. The van der Waals surface area contributed by atoms with Gasteiger partial charge in [0, 0.05) is 11.6 Å². The van der Waals surface area contributed by atoms with Crippen molar-refractivity contribution >= 4 is 62.8 Å². The zero-order valence-corrected chi connectivity index (χ0v) is 16.3. The average Bonchev–Trinajstić information content (AvgIpc) is 2.96. The smallest absolute Gasteiger partial charge is 0.266 e. The second-order valence-corrected chi connectivity index (χ2v) is 7.78. The third-order valence-corrected chi connectivity index (χ3v) is 5.56. The molecule has 5 nitrogen and oxygen atoms in total. The van der Waals surface area contributed by atoms with Crippen molar-refractivity contribution in [3.05, 3.63) is 77.3 Å². The minimum Gasteiger partial charge on any atom is -0.323 e. The van der Waals surface area contributed by atoms with Crippen LogP contribution in [0.4, 0.5) is 5.69 Å². The molecule has 1 saturated heterocycles. The van der Waals surface area contributed by atoms with Gasteiger partial charge in [0.05, 0.1) is 16.1 Å². The molecule has 0 radical (unpaired) electrons. The number of thiocarbonyl (C=S) groups is 1. The highest BCUT2D eigenvalue weighted by molar-refractivity contribution is 8.26. The maximum absolute atomic E-state index is 12.7. The lowest BCUT2D eigenvalue weighted by atomic mass is 10.2. The van der Waals surface area contributed by atoms with Gasteiger partial charge < -0.3 is 5.32 Å². The lowest BCUT2D eigenvalue weighted by Gasteiger charge is -2.14. The number of hydrogen-bond acceptors (Lipinski definition) is 5. The quantitative estimate of drug-likeness (QED) is 0.524. The molecule has 4 rings (SSSR count). The van der Waals surface area contributed by atoms with E-state index in [1.54, 1.807) is 18.3 Å². The first-order chi connectivity index (χ1) is 13.6. The van der Waals surface area contributed by atoms with Gasteiger partial charge in [-0.2, -0.15) is 0 Å². The van der Waals surface area contributed by atoms with E-state index in [0.29, 0.717) is 20.4 Å². The first kappa shape index (κ1) is 18.3. The third-order valence-electron chi connectivity index (χ3n) is 4.18. The van der Waals surface area contributed by atoms with E-state index in [2.05, 4.69) is 10.3 Å². The molecule has 3 aromatic rings. The van der Waals surface area contributed by atoms with Crippen molar-refractivity contribution in [2.45, 2.75) is 0 Å². The zero-order valence-electron chi connectivity index (χ0n) is 14.7. The summed E-state index contributed by atoms with van der Waals surface area (Å²) in [6.45, 7) is -0.139. The van der Waals surface area contributed by atoms with Crippen molar-refractivity contribution in [2.75, 3.05) is 11.9 Å². The minimum absolute atomic E-state index is 0.139. The summed E-state index contributed by atoms with van der Waals surface area (Å²) in [7, 11) is 0. The molecule has 1 N–H and O–H groups in total. The van der Waals surface area contributed by atoms with Crippen LogP contribution in [-0.2, 0) is 9.59 Å². The van der Waals surface area contributed by atoms with E-state index in [-0.39, 0.29) is 18.4 Å². The van der Waals surface area contributed by atoms with Gasteiger partial charge in [-0.15, -0.1) is 0 Å². The SMILES string of the molecule is O=C(CN1C(=O)/C(=C/c2ccccc2)SC1=S)Nc1cccc2cccnc12. The molecular weight excluding hydrogens is 390 g/mol. The highest BCUT2D eigenvalue weighted by Gasteiger charge is 2.33. The second-order valence-electron chi connectivity index (χ2n) is 6.11. The van der Waals surface area contributed by atoms with Gasteiger partial charge in [-0.25, -0.2) is 0 Å². The number of hydrogen-bond donors (Lipinski definition) is 1. The summed E-state index contributed by atoms with van der Waals surface area (Å²) < 4.78 is 0.373. The van der Waals surface area contributed by atoms with E-state index in [1.807, 2.05) is 54.6 Å². The van der Waals surface area contributed by atoms with Crippen LogP contribution in [0.15, 0.2) is 71.8 Å². The number of nitrogens with one attached hydrogen (secondary N) is 1. The largest absolute Gasteiger partial charge is 0.323 e. The molecule has 1 fully saturated rings. The summed E-state index contributed by atoms with van der Waals surface area (Å²) in [5.41, 5.74) is 2.22. The van der Waals surface area contributed by atoms with Gasteiger partial charge >= 0.3 is 0 Å². The Labute approximate surface area is 171 Å². The maximum atomic E-state index is 12.7. The first-order valence-electron chi connectivity index (χ1n) is 8.56. The van der Waals surface area contributed by atoms with Crippen LogP contribution < -0.4 is 5.32 Å². The van der Waals surface area contributed by atoms with Crippen LogP contribution >= 0.6 is 24.0 Å². The first-order valence-corrected chi connectivity index (χ1v) is 9.78. The molecule has 0 atom stereocenters. The number of carbonyl (C=O) groups is 2. The zero-order chi connectivity index (χ0) is 19.5. The molecule has 0 spiro atoms. The molecule has 0 aliphatic carbocycles. The van der Waals surface area contributed by atoms with Crippen LogP contribution in [0.1, 0.15) is 5.56 Å². The second kappa shape index (κ2) is 7.92. The van der Waals surface area contributed by atoms with Crippen molar-refractivity contribution < 1.29 is 9.59 Å². The number of fused-ring (bicyclic) bond motifs is 1. The van der Waals surface area contributed by atoms with Crippen molar-refractivity contribution in [3.8, 4) is 0 Å². The number of thioether (sulfide) groups is 1. The molecule has 1 aromatic heterocycles. The lowest BCUT2D eigenvalue weighted by molar-refractivity contribution is -0.126. The number of amides is 2. The number of rotatable bonds is 4. The molecule has 7 heteroatoms. The summed E-state index contributed by atoms with van der Waals surface area (Å²) in [6, 6.07) is 18.9. The highest BCUT2D eigenvalue weighted by atomic mass is 32.2. The summed E-state index contributed by atoms with van der Waals surface area (Å²) >= 11 is 6.51. The van der Waals surface area contributed by atoms with E-state index < -0.39 is 0 Å². The van der Waals surface area contributed by atoms with Crippen molar-refractivity contribution in [1.29, 1.82) is 0 Å². The topological polar surface area (TPSA) is 62.3 Å². The van der Waals surface area contributed by atoms with E-state index >= 15 is 0 Å². The van der Waals surface area contributed by atoms with Crippen molar-refractivity contribution in [2.24, 2.45) is 0 Å². The third kappa shape index (κ3) is 3.81. The van der Waals surface area contributed by atoms with E-state index in [1.165, 1.54) is 16.7 Å². The Morgan fingerprint density at radius 2 is 1.89 bits per heavy atom. The van der Waals surface area contributed by atoms with E-state index in [4.69, 9.17) is 12.2 Å². The Morgan fingerprint density at radius 3 is 2.71 bits per heavy atom. The summed E-state index contributed by atoms with van der Waals surface area (Å²) in [5.74, 6) is -0.583. The number of anilines is 1. The van der Waals surface area contributed by atoms with Gasteiger partial charge in [0.1, 0.15) is 10.9 Å². The maximum Gasteiger partial charge on any atom is 0.266 e. The van der Waals surface area contributed by atoms with Gasteiger partial charge in [-0.1, -0.05) is 72.5 Å². The van der Waals surface area contributed by atoms with Gasteiger partial charge in [-0.05, 0) is 23.8 Å². The van der Waals surface area contributed by atoms with E-state index in [0.717, 1.165) is 10.9 Å². The standard InChI is InChI=1S/C21H15N3O2S2/c25-18(23-16-10-4-8-15-9-5-11-22-19(15)16)13-24-20(26)17(28-21(24)27)12-14-6-2-1-3-7-14/h1-12H,13H2,(H,23,25)/b17-12-. The van der Waals surface area contributed by atoms with Gasteiger partial charge in [-0.3, -0.25) is 19.5 Å². The molecule has 0 saturated carbocycles. The number of pyridine rings is 1. The Hall–Kier alpha value is -3.03. The molecule has 2 aromatic carbocycles. The molecular formula is C21H15N3O2S2. The van der Waals surface area contributed by atoms with Crippen molar-refractivity contribution in [1.82, 2.24) is 9.88 Å². The van der Waals surface area contributed by atoms with Crippen molar-refractivity contribution in [3.63, 3.8) is 0 Å². The van der Waals surface area contributed by atoms with Crippen LogP contribution in [-0.4, -0.2) is 32.6 Å². The summed E-state index contributed by atoms with van der Waals surface area (Å²) in [4.78, 5) is 31.4. The average molecular weight is 406 g/mol. The molecule has 1 aliphatic rings. The normalized spacial score (nSPS) is 15.4. The number of nitrogens with zero attached hydrogens (tertiary/aromatic N) is 2. The van der Waals surface area contributed by atoms with Gasteiger partial charge in [0.2, 0.25) is 5.91 Å². The lowest BCUT2D eigenvalue weighted by Crippen LogP contribution is -2.36. The van der Waals surface area contributed by atoms with Crippen LogP contribution in [0.25, 0.3) is 17.0 Å². The van der Waals surface area contributed by atoms with Crippen LogP contribution in [0, 0.1) is 0 Å². The summed E-state index contributed by atoms with van der Waals surface area (Å²) in [5, 5.41) is 3.76. The number of carbonyl (C=O) groups excluding carboxylic acids is 2. The molecule has 138 valence electrons. The minimum atomic E-state index is -0.324. The fourth-order valence-corrected chi connectivity index (χ4v) is 4.13. The summed E-state index contributed by atoms with van der Waals surface area (Å²) in [6.07, 6.45) is 3.46. The van der Waals surface area contributed by atoms with E-state index in [9.17, 15) is 9.59 Å². The number of aromatic nitrogens is 1. The highest BCUT2D eigenvalue weighted by Crippen LogP contribution is 2.32. The Bertz CT molecular complexity index is 1110. The van der Waals surface area contributed by atoms with Crippen LogP contribution in [0.2, 0.25) is 0 Å². The Morgan fingerprint density at radius 1 is 1.11 bits per heavy atom. The molecule has 2 amide bonds. The van der Waals surface area contributed by atoms with Crippen LogP contribution in [0.3, 0.4) is 0 Å². The van der Waals surface area contributed by atoms with Gasteiger partial charge in [0.15, 0.2) is 0 Å². The predicted octanol–water partition coefficient (Wildman–Crippen LogP) is 4.07. The fourth-order valence-electron chi connectivity index (χ4n) is 2.88. The fraction of sp³-hybridized carbons (Fsp3) is 0.0476. The monoisotopic (exact) mass is 405 g/mol. The molecule has 1 aliphatic heterocycles. The Balaban J connectivity index is 1.49. The van der Waals surface area contributed by atoms with Crippen LogP contribution in [0.5, 0.6) is 0 Å². The predicted molar refractivity (Wildman–Crippen MR) is 117 cm³/mol. The molecule has 0 unspecified atom stereocenters. The molecule has 2 heterocycles.